The summed E-state index contributed by atoms with van der Waals surface area (Å²) in [7, 11) is 1.77. The lowest BCUT2D eigenvalue weighted by Crippen LogP contribution is -2.43. The highest BCUT2D eigenvalue weighted by molar-refractivity contribution is 4.73. The van der Waals surface area contributed by atoms with Crippen LogP contribution < -0.4 is 5.32 Å². The molecule has 0 bridgehead atoms. The van der Waals surface area contributed by atoms with E-state index in [4.69, 9.17) is 4.74 Å². The van der Waals surface area contributed by atoms with Gasteiger partial charge in [0.2, 0.25) is 0 Å². The van der Waals surface area contributed by atoms with Crippen LogP contribution in [0.15, 0.2) is 0 Å². The van der Waals surface area contributed by atoms with Gasteiger partial charge in [-0.1, -0.05) is 27.7 Å². The number of likely N-dealkylation sites (N-methyl/N-ethyl adjacent to an activating group) is 1. The van der Waals surface area contributed by atoms with Crippen molar-refractivity contribution in [3.63, 3.8) is 0 Å². The van der Waals surface area contributed by atoms with E-state index in [-0.39, 0.29) is 0 Å². The number of hydrogen-bond donors (Lipinski definition) is 1. The van der Waals surface area contributed by atoms with Gasteiger partial charge < -0.3 is 19.9 Å². The molecule has 0 fully saturated rings. The molecule has 0 heterocycles. The fourth-order valence-corrected chi connectivity index (χ4v) is 2.45. The van der Waals surface area contributed by atoms with Crippen molar-refractivity contribution < 1.29 is 4.74 Å². The molecule has 0 aliphatic heterocycles. The van der Waals surface area contributed by atoms with Crippen molar-refractivity contribution in [2.24, 2.45) is 0 Å². The summed E-state index contributed by atoms with van der Waals surface area (Å²) < 4.78 is 5.12. The fraction of sp³-hybridized carbons (Fsp3) is 1.00. The minimum absolute atomic E-state index is 0.590. The van der Waals surface area contributed by atoms with Crippen LogP contribution in [-0.2, 0) is 4.74 Å². The molecule has 0 radical (unpaired) electrons. The molecule has 1 atom stereocenters. The number of nitrogens with one attached hydrogen (secondary N) is 1. The second kappa shape index (κ2) is 13.8. The Bertz CT molecular complexity index is 194. The molecule has 0 aliphatic rings. The molecule has 4 nitrogen and oxygen atoms in total. The van der Waals surface area contributed by atoms with Crippen LogP contribution in [0.1, 0.15) is 40.5 Å². The van der Waals surface area contributed by atoms with Crippen LogP contribution >= 0.6 is 0 Å². The lowest BCUT2D eigenvalue weighted by molar-refractivity contribution is 0.188. The fourth-order valence-electron chi connectivity index (χ4n) is 2.45. The molecule has 0 aromatic carbocycles. The predicted octanol–water partition coefficient (Wildman–Crippen LogP) is 2.05. The number of nitrogens with zero attached hydrogens (tertiary/aromatic N) is 2. The Morgan fingerprint density at radius 1 is 0.950 bits per heavy atom. The van der Waals surface area contributed by atoms with Crippen molar-refractivity contribution in [2.75, 3.05) is 59.5 Å². The van der Waals surface area contributed by atoms with Gasteiger partial charge in [0.25, 0.3) is 0 Å². The lowest BCUT2D eigenvalue weighted by atomic mass is 10.1. The SMILES string of the molecule is CCN(CC)CCC(CN(CC)CC)NCCCOC. The molecule has 0 amide bonds. The van der Waals surface area contributed by atoms with Crippen molar-refractivity contribution >= 4 is 0 Å². The zero-order chi connectivity index (χ0) is 15.2. The second-order valence-corrected chi connectivity index (χ2v) is 5.30. The summed E-state index contributed by atoms with van der Waals surface area (Å²) in [6.45, 7) is 17.8. The van der Waals surface area contributed by atoms with Gasteiger partial charge in [-0.2, -0.15) is 0 Å². The number of ether oxygens (including phenoxy) is 1. The predicted molar refractivity (Wildman–Crippen MR) is 88.5 cm³/mol. The largest absolute Gasteiger partial charge is 0.385 e. The van der Waals surface area contributed by atoms with Crippen LogP contribution in [0.3, 0.4) is 0 Å². The first-order chi connectivity index (χ1) is 9.71. The van der Waals surface area contributed by atoms with Gasteiger partial charge in [-0.3, -0.25) is 0 Å². The molecule has 0 saturated carbocycles. The topological polar surface area (TPSA) is 27.7 Å². The zero-order valence-electron chi connectivity index (χ0n) is 14.5. The maximum atomic E-state index is 5.12. The molecule has 4 heteroatoms. The Morgan fingerprint density at radius 2 is 1.55 bits per heavy atom. The van der Waals surface area contributed by atoms with E-state index in [2.05, 4.69) is 42.8 Å². The van der Waals surface area contributed by atoms with E-state index < -0.39 is 0 Å². The average molecular weight is 287 g/mol. The number of rotatable bonds is 14. The third kappa shape index (κ3) is 9.70. The number of methoxy groups -OCH3 is 1. The zero-order valence-corrected chi connectivity index (χ0v) is 14.5. The van der Waals surface area contributed by atoms with Gasteiger partial charge in [0.05, 0.1) is 0 Å². The van der Waals surface area contributed by atoms with E-state index in [1.54, 1.807) is 7.11 Å². The summed E-state index contributed by atoms with van der Waals surface area (Å²) in [6, 6.07) is 0.590. The van der Waals surface area contributed by atoms with E-state index in [1.165, 1.54) is 13.0 Å². The molecule has 0 aromatic rings. The Hall–Kier alpha value is -0.160. The first-order valence-corrected chi connectivity index (χ1v) is 8.38. The summed E-state index contributed by atoms with van der Waals surface area (Å²) in [5.41, 5.74) is 0. The summed E-state index contributed by atoms with van der Waals surface area (Å²) in [5, 5.41) is 3.71. The van der Waals surface area contributed by atoms with Gasteiger partial charge in [0.1, 0.15) is 0 Å². The minimum atomic E-state index is 0.590. The van der Waals surface area contributed by atoms with Gasteiger partial charge in [-0.05, 0) is 52.1 Å². The monoisotopic (exact) mass is 287 g/mol. The maximum Gasteiger partial charge on any atom is 0.0474 e. The molecule has 122 valence electrons. The highest BCUT2D eigenvalue weighted by Gasteiger charge is 2.13. The molecular weight excluding hydrogens is 250 g/mol. The van der Waals surface area contributed by atoms with Gasteiger partial charge in [-0.15, -0.1) is 0 Å². The molecule has 0 rings (SSSR count). The lowest BCUT2D eigenvalue weighted by Gasteiger charge is -2.28. The smallest absolute Gasteiger partial charge is 0.0474 e. The third-order valence-corrected chi connectivity index (χ3v) is 4.02. The first-order valence-electron chi connectivity index (χ1n) is 8.38. The molecule has 1 N–H and O–H groups in total. The quantitative estimate of drug-likeness (QED) is 0.495. The molecular formula is C16H37N3O. The van der Waals surface area contributed by atoms with Crippen LogP contribution in [0.2, 0.25) is 0 Å². The van der Waals surface area contributed by atoms with Crippen LogP contribution in [0.5, 0.6) is 0 Å². The number of hydrogen-bond acceptors (Lipinski definition) is 4. The van der Waals surface area contributed by atoms with Crippen LogP contribution in [0.4, 0.5) is 0 Å². The van der Waals surface area contributed by atoms with Crippen molar-refractivity contribution in [3.05, 3.63) is 0 Å². The van der Waals surface area contributed by atoms with Crippen molar-refractivity contribution in [2.45, 2.75) is 46.6 Å². The Balaban J connectivity index is 4.15. The Morgan fingerprint density at radius 3 is 2.05 bits per heavy atom. The van der Waals surface area contributed by atoms with Gasteiger partial charge >= 0.3 is 0 Å². The molecule has 20 heavy (non-hydrogen) atoms. The van der Waals surface area contributed by atoms with Gasteiger partial charge in [-0.25, -0.2) is 0 Å². The highest BCUT2D eigenvalue weighted by atomic mass is 16.5. The van der Waals surface area contributed by atoms with Crippen LogP contribution in [0, 0.1) is 0 Å². The minimum Gasteiger partial charge on any atom is -0.385 e. The van der Waals surface area contributed by atoms with Gasteiger partial charge in [0, 0.05) is 26.3 Å². The van der Waals surface area contributed by atoms with Crippen LogP contribution in [-0.4, -0.2) is 75.4 Å². The molecule has 0 aromatic heterocycles. The van der Waals surface area contributed by atoms with Gasteiger partial charge in [0.15, 0.2) is 0 Å². The van der Waals surface area contributed by atoms with E-state index >= 15 is 0 Å². The Labute approximate surface area is 126 Å². The van der Waals surface area contributed by atoms with Crippen molar-refractivity contribution in [1.82, 2.24) is 15.1 Å². The van der Waals surface area contributed by atoms with E-state index in [9.17, 15) is 0 Å². The average Bonchev–Trinajstić information content (AvgIpc) is 2.49. The summed E-state index contributed by atoms with van der Waals surface area (Å²) >= 11 is 0. The molecule has 0 aliphatic carbocycles. The summed E-state index contributed by atoms with van der Waals surface area (Å²) in [5.74, 6) is 0. The second-order valence-electron chi connectivity index (χ2n) is 5.30. The van der Waals surface area contributed by atoms with E-state index in [0.29, 0.717) is 6.04 Å². The molecule has 0 saturated heterocycles. The normalized spacial score (nSPS) is 13.3. The van der Waals surface area contributed by atoms with E-state index in [1.807, 2.05) is 0 Å². The van der Waals surface area contributed by atoms with Crippen molar-refractivity contribution in [3.8, 4) is 0 Å². The standard InChI is InChI=1S/C16H37N3O/c1-6-18(7-2)13-11-16(15-19(8-3)9-4)17-12-10-14-20-5/h16-17H,6-15H2,1-5H3. The summed E-state index contributed by atoms with van der Waals surface area (Å²) in [6.07, 6.45) is 2.32. The van der Waals surface area contributed by atoms with Crippen LogP contribution in [0.25, 0.3) is 0 Å². The van der Waals surface area contributed by atoms with Crippen molar-refractivity contribution in [1.29, 1.82) is 0 Å². The Kier molecular flexibility index (Phi) is 13.7. The third-order valence-electron chi connectivity index (χ3n) is 4.02. The first kappa shape index (κ1) is 19.8. The summed E-state index contributed by atoms with van der Waals surface area (Å²) in [4.78, 5) is 5.02. The van der Waals surface area contributed by atoms with E-state index in [0.717, 1.165) is 52.3 Å². The molecule has 0 spiro atoms. The highest BCUT2D eigenvalue weighted by Crippen LogP contribution is 2.01. The maximum absolute atomic E-state index is 5.12. The molecule has 1 unspecified atom stereocenters.